The van der Waals surface area contributed by atoms with Crippen molar-refractivity contribution in [1.29, 1.82) is 0 Å². The van der Waals surface area contributed by atoms with Crippen LogP contribution in [0.25, 0.3) is 0 Å². The molecule has 1 N–H and O–H groups in total. The second-order valence-corrected chi connectivity index (χ2v) is 7.10. The highest BCUT2D eigenvalue weighted by Crippen LogP contribution is 2.25. The van der Waals surface area contributed by atoms with E-state index in [2.05, 4.69) is 22.3 Å². The average molecular weight is 359 g/mol. The summed E-state index contributed by atoms with van der Waals surface area (Å²) in [4.78, 5) is 25.2. The quantitative estimate of drug-likeness (QED) is 0.635. The third kappa shape index (κ3) is 4.87. The van der Waals surface area contributed by atoms with Gasteiger partial charge >= 0.3 is 0 Å². The predicted octanol–water partition coefficient (Wildman–Crippen LogP) is 2.50. The predicted molar refractivity (Wildman–Crippen MR) is 97.2 cm³/mol. The fraction of sp³-hybridized carbons (Fsp3) is 0.389. The summed E-state index contributed by atoms with van der Waals surface area (Å²) in [5.41, 5.74) is 2.10. The number of hydrogen-bond acceptors (Lipinski definition) is 5. The highest BCUT2D eigenvalue weighted by atomic mass is 32.1. The zero-order valence-electron chi connectivity index (χ0n) is 13.8. The number of thiophene rings is 1. The van der Waals surface area contributed by atoms with Crippen LogP contribution in [0.5, 0.6) is 0 Å². The van der Waals surface area contributed by atoms with Gasteiger partial charge < -0.3 is 5.32 Å². The van der Waals surface area contributed by atoms with E-state index in [0.717, 1.165) is 12.1 Å². The summed E-state index contributed by atoms with van der Waals surface area (Å²) < 4.78 is 0. The summed E-state index contributed by atoms with van der Waals surface area (Å²) in [5.74, 6) is -0.356. The van der Waals surface area contributed by atoms with Crippen LogP contribution in [0.15, 0.2) is 47.2 Å². The highest BCUT2D eigenvalue weighted by Gasteiger charge is 2.33. The van der Waals surface area contributed by atoms with Crippen LogP contribution >= 0.6 is 11.3 Å². The van der Waals surface area contributed by atoms with E-state index in [1.165, 1.54) is 16.9 Å². The Morgan fingerprint density at radius 1 is 1.32 bits per heavy atom. The second kappa shape index (κ2) is 8.22. The zero-order chi connectivity index (χ0) is 17.6. The lowest BCUT2D eigenvalue weighted by atomic mass is 9.93. The summed E-state index contributed by atoms with van der Waals surface area (Å²) in [6, 6.07) is 11.7. The van der Waals surface area contributed by atoms with Gasteiger partial charge in [-0.25, -0.2) is 0 Å². The van der Waals surface area contributed by atoms with Crippen LogP contribution in [0.3, 0.4) is 0 Å². The number of nitrogens with zero attached hydrogens (tertiary/aromatic N) is 2. The smallest absolute Gasteiger partial charge is 0.221 e. The van der Waals surface area contributed by atoms with E-state index in [9.17, 15) is 14.9 Å². The largest absolute Gasteiger partial charge is 0.351 e. The van der Waals surface area contributed by atoms with Gasteiger partial charge in [0, 0.05) is 31.0 Å². The molecule has 2 atom stereocenters. The molecule has 0 bridgehead atoms. The highest BCUT2D eigenvalue weighted by molar-refractivity contribution is 7.08. The molecule has 25 heavy (non-hydrogen) atoms. The van der Waals surface area contributed by atoms with Gasteiger partial charge in [-0.15, -0.1) is 0 Å². The minimum Gasteiger partial charge on any atom is -0.351 e. The number of rotatable bonds is 6. The normalized spacial score (nSPS) is 19.8. The summed E-state index contributed by atoms with van der Waals surface area (Å²) in [6.45, 7) is 1.82. The standard InChI is InChI=1S/C18H21N3O3S/c22-18-6-8-20(10-14-4-2-1-3-5-14)12-17(19-18)16(11-21(23)24)15-7-9-25-13-15/h1-5,7,9,13,16-17H,6,8,10-12H2,(H,19,22). The maximum absolute atomic E-state index is 12.1. The molecule has 3 rings (SSSR count). The van der Waals surface area contributed by atoms with E-state index in [0.29, 0.717) is 19.5 Å². The minimum absolute atomic E-state index is 0.0378. The van der Waals surface area contributed by atoms with Gasteiger partial charge in [-0.2, -0.15) is 11.3 Å². The van der Waals surface area contributed by atoms with Gasteiger partial charge in [0.05, 0.1) is 12.0 Å². The van der Waals surface area contributed by atoms with Crippen LogP contribution in [0.2, 0.25) is 0 Å². The molecular formula is C18H21N3O3S. The van der Waals surface area contributed by atoms with Crippen molar-refractivity contribution in [2.75, 3.05) is 19.6 Å². The number of amides is 1. The van der Waals surface area contributed by atoms with Gasteiger partial charge in [0.15, 0.2) is 0 Å². The van der Waals surface area contributed by atoms with Crippen LogP contribution in [0.4, 0.5) is 0 Å². The van der Waals surface area contributed by atoms with E-state index in [4.69, 9.17) is 0 Å². The van der Waals surface area contributed by atoms with E-state index in [1.54, 1.807) is 0 Å². The fourth-order valence-electron chi connectivity index (χ4n) is 3.28. The first kappa shape index (κ1) is 17.6. The summed E-state index contributed by atoms with van der Waals surface area (Å²) in [5, 5.41) is 18.0. The molecule has 6 nitrogen and oxygen atoms in total. The van der Waals surface area contributed by atoms with Gasteiger partial charge in [-0.3, -0.25) is 19.8 Å². The second-order valence-electron chi connectivity index (χ2n) is 6.32. The van der Waals surface area contributed by atoms with E-state index in [1.807, 2.05) is 35.0 Å². The third-order valence-electron chi connectivity index (χ3n) is 4.51. The van der Waals surface area contributed by atoms with Gasteiger partial charge in [-0.05, 0) is 28.0 Å². The van der Waals surface area contributed by atoms with Gasteiger partial charge in [0.2, 0.25) is 12.5 Å². The molecule has 1 fully saturated rings. The van der Waals surface area contributed by atoms with Gasteiger partial charge in [0.25, 0.3) is 0 Å². The Morgan fingerprint density at radius 2 is 2.12 bits per heavy atom. The molecule has 2 aromatic rings. The lowest BCUT2D eigenvalue weighted by Gasteiger charge is -2.28. The minimum atomic E-state index is -0.318. The zero-order valence-corrected chi connectivity index (χ0v) is 14.7. The fourth-order valence-corrected chi connectivity index (χ4v) is 4.00. The first-order valence-corrected chi connectivity index (χ1v) is 9.25. The monoisotopic (exact) mass is 359 g/mol. The maximum Gasteiger partial charge on any atom is 0.221 e. The Morgan fingerprint density at radius 3 is 2.80 bits per heavy atom. The number of carbonyl (C=O) groups excluding carboxylic acids is 1. The molecule has 1 amide bonds. The molecular weight excluding hydrogens is 338 g/mol. The Kier molecular flexibility index (Phi) is 5.78. The lowest BCUT2D eigenvalue weighted by molar-refractivity contribution is -0.484. The molecule has 7 heteroatoms. The van der Waals surface area contributed by atoms with E-state index in [-0.39, 0.29) is 29.3 Å². The lowest BCUT2D eigenvalue weighted by Crippen LogP contribution is -2.45. The first-order valence-electron chi connectivity index (χ1n) is 8.31. The molecule has 1 aliphatic rings. The molecule has 0 aliphatic carbocycles. The molecule has 1 aromatic heterocycles. The van der Waals surface area contributed by atoms with Crippen molar-refractivity contribution in [3.05, 3.63) is 68.4 Å². The number of nitrogens with one attached hydrogen (secondary N) is 1. The number of carbonyl (C=O) groups is 1. The van der Waals surface area contributed by atoms with Crippen LogP contribution in [-0.4, -0.2) is 41.4 Å². The van der Waals surface area contributed by atoms with E-state index < -0.39 is 0 Å². The summed E-state index contributed by atoms with van der Waals surface area (Å²) in [6.07, 6.45) is 0.415. The number of hydrogen-bond donors (Lipinski definition) is 1. The van der Waals surface area contributed by atoms with Gasteiger partial charge in [-0.1, -0.05) is 30.3 Å². The molecule has 1 saturated heterocycles. The number of benzene rings is 1. The van der Waals surface area contributed by atoms with E-state index >= 15 is 0 Å². The van der Waals surface area contributed by atoms with Crippen LogP contribution in [0, 0.1) is 10.1 Å². The summed E-state index contributed by atoms with van der Waals surface area (Å²) >= 11 is 1.52. The summed E-state index contributed by atoms with van der Waals surface area (Å²) in [7, 11) is 0. The van der Waals surface area contributed by atoms with Crippen molar-refractivity contribution < 1.29 is 9.72 Å². The van der Waals surface area contributed by atoms with Crippen molar-refractivity contribution in [2.24, 2.45) is 0 Å². The molecule has 2 heterocycles. The molecule has 0 spiro atoms. The van der Waals surface area contributed by atoms with Gasteiger partial charge in [0.1, 0.15) is 0 Å². The Labute approximate surface area is 150 Å². The Bertz CT molecular complexity index is 706. The van der Waals surface area contributed by atoms with Crippen LogP contribution in [-0.2, 0) is 11.3 Å². The Balaban J connectivity index is 1.79. The van der Waals surface area contributed by atoms with Crippen molar-refractivity contribution in [3.8, 4) is 0 Å². The average Bonchev–Trinajstić information content (AvgIpc) is 3.05. The van der Waals surface area contributed by atoms with Crippen molar-refractivity contribution >= 4 is 17.2 Å². The van der Waals surface area contributed by atoms with Crippen LogP contribution in [0.1, 0.15) is 23.5 Å². The molecule has 0 radical (unpaired) electrons. The van der Waals surface area contributed by atoms with Crippen LogP contribution < -0.4 is 5.32 Å². The Hall–Kier alpha value is -2.25. The topological polar surface area (TPSA) is 75.5 Å². The first-order chi connectivity index (χ1) is 12.1. The van der Waals surface area contributed by atoms with Crippen molar-refractivity contribution in [3.63, 3.8) is 0 Å². The number of nitro groups is 1. The SMILES string of the molecule is O=C1CCN(Cc2ccccc2)CC(C(C[N+](=O)[O-])c2ccsc2)N1. The van der Waals surface area contributed by atoms with Crippen molar-refractivity contribution in [1.82, 2.24) is 10.2 Å². The maximum atomic E-state index is 12.1. The third-order valence-corrected chi connectivity index (χ3v) is 5.21. The molecule has 2 unspecified atom stereocenters. The molecule has 132 valence electrons. The van der Waals surface area contributed by atoms with Crippen molar-refractivity contribution in [2.45, 2.75) is 24.9 Å². The molecule has 1 aromatic carbocycles. The molecule has 0 saturated carbocycles. The molecule has 1 aliphatic heterocycles.